The standard InChI is InChI=1S/C17H21NO3/c1-10-2-8-13(9-3-10)18-16(19)14-11-4-6-12(7-5-11)15(14)17(20)21/h2-3,8-9,11-12,14-15H,4-7H2,1H3,(H,18,19)(H,20,21)/p-1/t11?,12?,14-,15-/m0/s1. The van der Waals surface area contributed by atoms with Gasteiger partial charge in [-0.3, -0.25) is 4.79 Å². The topological polar surface area (TPSA) is 69.2 Å². The molecule has 4 heteroatoms. The minimum atomic E-state index is -1.06. The van der Waals surface area contributed by atoms with Crippen molar-refractivity contribution in [3.05, 3.63) is 29.8 Å². The van der Waals surface area contributed by atoms with E-state index in [4.69, 9.17) is 0 Å². The van der Waals surface area contributed by atoms with Crippen LogP contribution in [0.1, 0.15) is 31.2 Å². The number of fused-ring (bicyclic) bond motifs is 3. The normalized spacial score (nSPS) is 30.9. The number of aliphatic carboxylic acids is 1. The third-order valence-corrected chi connectivity index (χ3v) is 5.11. The smallest absolute Gasteiger partial charge is 0.228 e. The van der Waals surface area contributed by atoms with Crippen LogP contribution in [0, 0.1) is 30.6 Å². The van der Waals surface area contributed by atoms with Crippen molar-refractivity contribution in [2.75, 3.05) is 5.32 Å². The van der Waals surface area contributed by atoms with Crippen LogP contribution >= 0.6 is 0 Å². The lowest BCUT2D eigenvalue weighted by Crippen LogP contribution is -2.52. The lowest BCUT2D eigenvalue weighted by molar-refractivity contribution is -0.318. The molecule has 4 nitrogen and oxygen atoms in total. The SMILES string of the molecule is Cc1ccc(NC(=O)[C@H]2C3CCC(CC3)[C@@H]2C(=O)[O-])cc1. The number of rotatable bonds is 3. The van der Waals surface area contributed by atoms with Crippen LogP contribution in [0.25, 0.3) is 0 Å². The fourth-order valence-electron chi connectivity index (χ4n) is 4.03. The third-order valence-electron chi connectivity index (χ3n) is 5.11. The largest absolute Gasteiger partial charge is 0.550 e. The Hall–Kier alpha value is -1.84. The predicted molar refractivity (Wildman–Crippen MR) is 77.2 cm³/mol. The monoisotopic (exact) mass is 286 g/mol. The summed E-state index contributed by atoms with van der Waals surface area (Å²) >= 11 is 0. The highest BCUT2D eigenvalue weighted by Crippen LogP contribution is 2.49. The van der Waals surface area contributed by atoms with Gasteiger partial charge in [-0.25, -0.2) is 0 Å². The van der Waals surface area contributed by atoms with E-state index in [1.165, 1.54) is 0 Å². The van der Waals surface area contributed by atoms with Crippen LogP contribution in [0.15, 0.2) is 24.3 Å². The lowest BCUT2D eigenvalue weighted by Gasteiger charge is -2.48. The second-order valence-corrected chi connectivity index (χ2v) is 6.40. The lowest BCUT2D eigenvalue weighted by atomic mass is 9.58. The average Bonchev–Trinajstić information content (AvgIpc) is 2.49. The summed E-state index contributed by atoms with van der Waals surface area (Å²) in [6, 6.07) is 7.56. The van der Waals surface area contributed by atoms with Crippen LogP contribution in [0.3, 0.4) is 0 Å². The van der Waals surface area contributed by atoms with E-state index in [9.17, 15) is 14.7 Å². The first kappa shape index (κ1) is 14.1. The molecule has 2 bridgehead atoms. The zero-order valence-electron chi connectivity index (χ0n) is 12.2. The second kappa shape index (κ2) is 5.51. The van der Waals surface area contributed by atoms with Gasteiger partial charge in [0.1, 0.15) is 0 Å². The fourth-order valence-corrected chi connectivity index (χ4v) is 4.03. The van der Waals surface area contributed by atoms with Crippen molar-refractivity contribution in [1.82, 2.24) is 0 Å². The summed E-state index contributed by atoms with van der Waals surface area (Å²) in [6.45, 7) is 1.98. The van der Waals surface area contributed by atoms with Gasteiger partial charge in [0.15, 0.2) is 0 Å². The van der Waals surface area contributed by atoms with Crippen LogP contribution in [0.2, 0.25) is 0 Å². The molecule has 3 aliphatic carbocycles. The molecular weight excluding hydrogens is 266 g/mol. The average molecular weight is 286 g/mol. The number of amides is 1. The number of hydrogen-bond acceptors (Lipinski definition) is 3. The zero-order valence-corrected chi connectivity index (χ0v) is 12.2. The van der Waals surface area contributed by atoms with Crippen LogP contribution in [-0.2, 0) is 9.59 Å². The first-order valence-electron chi connectivity index (χ1n) is 7.64. The number of aryl methyl sites for hydroxylation is 1. The first-order valence-corrected chi connectivity index (χ1v) is 7.64. The van der Waals surface area contributed by atoms with E-state index in [0.717, 1.165) is 36.9 Å². The molecule has 3 fully saturated rings. The van der Waals surface area contributed by atoms with Gasteiger partial charge < -0.3 is 15.2 Å². The van der Waals surface area contributed by atoms with Crippen molar-refractivity contribution in [2.45, 2.75) is 32.6 Å². The molecule has 0 aromatic heterocycles. The fraction of sp³-hybridized carbons (Fsp3) is 0.529. The Morgan fingerprint density at radius 1 is 1.00 bits per heavy atom. The summed E-state index contributed by atoms with van der Waals surface area (Å²) in [7, 11) is 0. The zero-order chi connectivity index (χ0) is 15.0. The molecular formula is C17H20NO3-. The van der Waals surface area contributed by atoms with E-state index in [2.05, 4.69) is 5.32 Å². The summed E-state index contributed by atoms with van der Waals surface area (Å²) in [5.74, 6) is -2.00. The van der Waals surface area contributed by atoms with E-state index in [1.807, 2.05) is 31.2 Å². The van der Waals surface area contributed by atoms with Crippen molar-refractivity contribution in [2.24, 2.45) is 23.7 Å². The van der Waals surface area contributed by atoms with Crippen molar-refractivity contribution >= 4 is 17.6 Å². The molecule has 3 saturated carbocycles. The van der Waals surface area contributed by atoms with Crippen molar-refractivity contribution in [3.63, 3.8) is 0 Å². The van der Waals surface area contributed by atoms with Gasteiger partial charge in [-0.2, -0.15) is 0 Å². The van der Waals surface area contributed by atoms with E-state index in [1.54, 1.807) is 0 Å². The maximum Gasteiger partial charge on any atom is 0.228 e. The van der Waals surface area contributed by atoms with Gasteiger partial charge in [0.25, 0.3) is 0 Å². The van der Waals surface area contributed by atoms with E-state index >= 15 is 0 Å². The van der Waals surface area contributed by atoms with Gasteiger partial charge >= 0.3 is 0 Å². The maximum atomic E-state index is 12.6. The van der Waals surface area contributed by atoms with Gasteiger partial charge in [-0.05, 0) is 56.6 Å². The summed E-state index contributed by atoms with van der Waals surface area (Å²) in [5.41, 5.74) is 1.85. The number of benzene rings is 1. The molecule has 1 aromatic rings. The molecule has 4 rings (SSSR count). The molecule has 1 N–H and O–H groups in total. The Bertz CT molecular complexity index is 544. The Balaban J connectivity index is 1.78. The molecule has 112 valence electrons. The number of carboxylic acids is 1. The molecule has 3 aliphatic rings. The number of carbonyl (C=O) groups excluding carboxylic acids is 2. The molecule has 0 aliphatic heterocycles. The molecule has 1 aromatic carbocycles. The van der Waals surface area contributed by atoms with Gasteiger partial charge in [0.2, 0.25) is 5.91 Å². The van der Waals surface area contributed by atoms with Crippen LogP contribution in [0.4, 0.5) is 5.69 Å². The number of carbonyl (C=O) groups is 2. The van der Waals surface area contributed by atoms with Gasteiger partial charge in [0.05, 0.1) is 0 Å². The number of nitrogens with one attached hydrogen (secondary N) is 1. The molecule has 0 heterocycles. The molecule has 0 radical (unpaired) electrons. The molecule has 2 atom stereocenters. The number of anilines is 1. The Kier molecular flexibility index (Phi) is 3.70. The summed E-state index contributed by atoms with van der Waals surface area (Å²) in [4.78, 5) is 24.0. The van der Waals surface area contributed by atoms with E-state index in [-0.39, 0.29) is 17.7 Å². The molecule has 1 amide bonds. The summed E-state index contributed by atoms with van der Waals surface area (Å²) in [5, 5.41) is 14.3. The minimum absolute atomic E-state index is 0.105. The van der Waals surface area contributed by atoms with Gasteiger partial charge in [0, 0.05) is 23.5 Å². The first-order chi connectivity index (χ1) is 10.1. The highest BCUT2D eigenvalue weighted by atomic mass is 16.4. The van der Waals surface area contributed by atoms with Crippen molar-refractivity contribution < 1.29 is 14.7 Å². The Morgan fingerprint density at radius 2 is 1.52 bits per heavy atom. The van der Waals surface area contributed by atoms with E-state index in [0.29, 0.717) is 0 Å². The van der Waals surface area contributed by atoms with Crippen LogP contribution in [-0.4, -0.2) is 11.9 Å². The quantitative estimate of drug-likeness (QED) is 0.920. The highest BCUT2D eigenvalue weighted by Gasteiger charge is 2.47. The minimum Gasteiger partial charge on any atom is -0.550 e. The highest BCUT2D eigenvalue weighted by molar-refractivity contribution is 5.95. The van der Waals surface area contributed by atoms with Crippen molar-refractivity contribution in [1.29, 1.82) is 0 Å². The molecule has 21 heavy (non-hydrogen) atoms. The number of carboxylic acid groups (broad SMARTS) is 1. The summed E-state index contributed by atoms with van der Waals surface area (Å²) in [6.07, 6.45) is 3.75. The number of hydrogen-bond donors (Lipinski definition) is 1. The van der Waals surface area contributed by atoms with Crippen LogP contribution < -0.4 is 10.4 Å². The van der Waals surface area contributed by atoms with E-state index < -0.39 is 17.8 Å². The Labute approximate surface area is 124 Å². The van der Waals surface area contributed by atoms with Crippen LogP contribution in [0.5, 0.6) is 0 Å². The summed E-state index contributed by atoms with van der Waals surface area (Å²) < 4.78 is 0. The van der Waals surface area contributed by atoms with Gasteiger partial charge in [-0.1, -0.05) is 17.7 Å². The molecule has 0 spiro atoms. The molecule has 0 unspecified atom stereocenters. The molecule has 0 saturated heterocycles. The van der Waals surface area contributed by atoms with Crippen molar-refractivity contribution in [3.8, 4) is 0 Å². The third kappa shape index (κ3) is 2.67. The Morgan fingerprint density at radius 3 is 2.05 bits per heavy atom. The second-order valence-electron chi connectivity index (χ2n) is 6.40. The predicted octanol–water partition coefficient (Wildman–Crippen LogP) is 1.74. The van der Waals surface area contributed by atoms with Gasteiger partial charge in [-0.15, -0.1) is 0 Å². The maximum absolute atomic E-state index is 12.6.